The molecule has 0 spiro atoms. The number of aliphatic hydroxyl groups excluding tert-OH is 1. The Labute approximate surface area is 163 Å². The number of ketones is 1. The zero-order valence-electron chi connectivity index (χ0n) is 16.4. The minimum Gasteiger partial charge on any atom is -0.393 e. The fourth-order valence-corrected chi connectivity index (χ4v) is 7.20. The van der Waals surface area contributed by atoms with Crippen molar-refractivity contribution in [1.82, 2.24) is 0 Å². The highest BCUT2D eigenvalue weighted by Gasteiger charge is 2.57. The van der Waals surface area contributed by atoms with E-state index in [0.717, 1.165) is 54.6 Å². The van der Waals surface area contributed by atoms with Crippen molar-refractivity contribution < 1.29 is 9.90 Å². The summed E-state index contributed by atoms with van der Waals surface area (Å²) in [6.45, 7) is 2.26. The number of hydrogen-bond acceptors (Lipinski definition) is 2. The monoisotopic (exact) mass is 364 g/mol. The molecule has 1 N–H and O–H groups in total. The second-order valence-corrected chi connectivity index (χ2v) is 10.1. The number of allylic oxidation sites excluding steroid dienone is 1. The van der Waals surface area contributed by atoms with Gasteiger partial charge in [0.25, 0.3) is 0 Å². The van der Waals surface area contributed by atoms with Gasteiger partial charge in [0.15, 0.2) is 5.78 Å². The van der Waals surface area contributed by atoms with Crippen molar-refractivity contribution in [3.05, 3.63) is 41.5 Å². The van der Waals surface area contributed by atoms with Gasteiger partial charge in [-0.3, -0.25) is 4.79 Å². The topological polar surface area (TPSA) is 37.3 Å². The molecule has 0 amide bonds. The van der Waals surface area contributed by atoms with Crippen molar-refractivity contribution in [3.8, 4) is 0 Å². The van der Waals surface area contributed by atoms with E-state index in [1.165, 1.54) is 25.7 Å². The maximum atomic E-state index is 13.4. The molecule has 4 saturated carbocycles. The number of hydrogen-bond donors (Lipinski definition) is 1. The van der Waals surface area contributed by atoms with Crippen LogP contribution in [-0.4, -0.2) is 17.0 Å². The van der Waals surface area contributed by atoms with E-state index in [2.05, 4.69) is 37.3 Å². The van der Waals surface area contributed by atoms with Gasteiger partial charge >= 0.3 is 0 Å². The van der Waals surface area contributed by atoms with Crippen molar-refractivity contribution >= 4 is 11.9 Å². The Balaban J connectivity index is 1.41. The van der Waals surface area contributed by atoms with Gasteiger partial charge in [0.2, 0.25) is 0 Å². The van der Waals surface area contributed by atoms with Crippen LogP contribution in [0, 0.1) is 35.0 Å². The highest BCUT2D eigenvalue weighted by molar-refractivity contribution is 6.05. The van der Waals surface area contributed by atoms with Gasteiger partial charge in [0, 0.05) is 5.41 Å². The van der Waals surface area contributed by atoms with E-state index in [1.54, 1.807) is 0 Å². The predicted octanol–water partition coefficient (Wildman–Crippen LogP) is 5.26. The number of carbonyl (C=O) groups excluding carboxylic acids is 1. The molecule has 0 unspecified atom stereocenters. The average Bonchev–Trinajstić information content (AvgIpc) is 2.93. The Bertz CT molecular complexity index is 751. The molecule has 0 heterocycles. The molecule has 4 aliphatic rings. The highest BCUT2D eigenvalue weighted by Crippen LogP contribution is 2.61. The number of benzene rings is 1. The molecule has 0 aromatic heterocycles. The van der Waals surface area contributed by atoms with Gasteiger partial charge in [-0.2, -0.15) is 0 Å². The lowest BCUT2D eigenvalue weighted by atomic mass is 9.52. The van der Waals surface area contributed by atoms with Crippen LogP contribution in [0.1, 0.15) is 63.9 Å². The summed E-state index contributed by atoms with van der Waals surface area (Å²) in [5, 5.41) is 10.1. The molecular formula is C25H32O2. The number of aliphatic hydroxyl groups is 1. The minimum atomic E-state index is -0.136. The number of carbonyl (C=O) groups is 1. The van der Waals surface area contributed by atoms with Crippen LogP contribution in [0.3, 0.4) is 0 Å². The molecule has 4 fully saturated rings. The summed E-state index contributed by atoms with van der Waals surface area (Å²) in [5.74, 6) is 3.97. The van der Waals surface area contributed by atoms with E-state index in [0.29, 0.717) is 17.6 Å². The van der Waals surface area contributed by atoms with E-state index in [-0.39, 0.29) is 11.5 Å². The Hall–Kier alpha value is -1.41. The van der Waals surface area contributed by atoms with Crippen LogP contribution in [0.4, 0.5) is 0 Å². The van der Waals surface area contributed by atoms with E-state index in [9.17, 15) is 9.90 Å². The number of Topliss-reactive ketones (excluding diaryl/α,β-unsaturated/α-hetero) is 1. The van der Waals surface area contributed by atoms with Crippen LogP contribution in [0.15, 0.2) is 35.9 Å². The first-order valence-electron chi connectivity index (χ1n) is 11.0. The smallest absolute Gasteiger partial charge is 0.165 e. The summed E-state index contributed by atoms with van der Waals surface area (Å²) in [6, 6.07) is 10.3. The largest absolute Gasteiger partial charge is 0.393 e. The van der Waals surface area contributed by atoms with E-state index >= 15 is 0 Å². The van der Waals surface area contributed by atoms with Gasteiger partial charge in [-0.25, -0.2) is 0 Å². The third kappa shape index (κ3) is 2.92. The predicted molar refractivity (Wildman–Crippen MR) is 108 cm³/mol. The van der Waals surface area contributed by atoms with Gasteiger partial charge in [-0.15, -0.1) is 0 Å². The molecule has 2 nitrogen and oxygen atoms in total. The van der Waals surface area contributed by atoms with Crippen molar-refractivity contribution in [2.75, 3.05) is 0 Å². The first-order chi connectivity index (χ1) is 13.0. The van der Waals surface area contributed by atoms with Crippen LogP contribution in [-0.2, 0) is 4.79 Å². The van der Waals surface area contributed by atoms with Gasteiger partial charge in [-0.05, 0) is 98.2 Å². The maximum absolute atomic E-state index is 13.4. The Kier molecular flexibility index (Phi) is 4.31. The van der Waals surface area contributed by atoms with E-state index in [1.807, 2.05) is 6.07 Å². The number of rotatable bonds is 1. The standard InChI is InChI=1S/C25H32O2/c1-25-10-9-18-12-19-13-21(26)8-7-17(19)14-22(18)23(25)15-20(24(25)27)11-16-5-3-2-4-6-16/h2-6,11,17-19,21-23,26H,7-10,12-15H2,1H3/t17-,18+,19+,21-,22+,23-,25-/m1/s1. The van der Waals surface area contributed by atoms with Crippen LogP contribution in [0.5, 0.6) is 0 Å². The lowest BCUT2D eigenvalue weighted by molar-refractivity contribution is -0.130. The molecule has 27 heavy (non-hydrogen) atoms. The molecule has 7 atom stereocenters. The summed E-state index contributed by atoms with van der Waals surface area (Å²) in [6.07, 6.45) is 11.1. The fourth-order valence-electron chi connectivity index (χ4n) is 7.20. The quantitative estimate of drug-likeness (QED) is 0.690. The summed E-state index contributed by atoms with van der Waals surface area (Å²) >= 11 is 0. The molecule has 1 aromatic carbocycles. The van der Waals surface area contributed by atoms with Crippen molar-refractivity contribution in [3.63, 3.8) is 0 Å². The summed E-state index contributed by atoms with van der Waals surface area (Å²) in [7, 11) is 0. The second kappa shape index (κ2) is 6.58. The van der Waals surface area contributed by atoms with E-state index < -0.39 is 0 Å². The van der Waals surface area contributed by atoms with Crippen LogP contribution in [0.2, 0.25) is 0 Å². The molecule has 4 aliphatic carbocycles. The molecule has 0 aliphatic heterocycles. The summed E-state index contributed by atoms with van der Waals surface area (Å²) in [5.41, 5.74) is 2.09. The Morgan fingerprint density at radius 3 is 2.63 bits per heavy atom. The van der Waals surface area contributed by atoms with Crippen LogP contribution < -0.4 is 0 Å². The first kappa shape index (κ1) is 17.7. The molecule has 144 valence electrons. The maximum Gasteiger partial charge on any atom is 0.165 e. The van der Waals surface area contributed by atoms with Gasteiger partial charge in [0.05, 0.1) is 6.10 Å². The minimum absolute atomic E-state index is 0.0647. The molecule has 0 saturated heterocycles. The summed E-state index contributed by atoms with van der Waals surface area (Å²) < 4.78 is 0. The molecule has 5 rings (SSSR count). The van der Waals surface area contributed by atoms with Crippen LogP contribution in [0.25, 0.3) is 6.08 Å². The molecule has 1 aromatic rings. The lowest BCUT2D eigenvalue weighted by Crippen LogP contribution is -2.47. The fraction of sp³-hybridized carbons (Fsp3) is 0.640. The third-order valence-electron chi connectivity index (χ3n) is 8.66. The third-order valence-corrected chi connectivity index (χ3v) is 8.66. The Morgan fingerprint density at radius 1 is 1.00 bits per heavy atom. The zero-order chi connectivity index (χ0) is 18.6. The normalized spacial score (nSPS) is 45.3. The molecule has 2 heteroatoms. The van der Waals surface area contributed by atoms with Crippen molar-refractivity contribution in [2.45, 2.75) is 64.4 Å². The van der Waals surface area contributed by atoms with Crippen molar-refractivity contribution in [2.24, 2.45) is 35.0 Å². The second-order valence-electron chi connectivity index (χ2n) is 10.1. The van der Waals surface area contributed by atoms with E-state index in [4.69, 9.17) is 0 Å². The van der Waals surface area contributed by atoms with Crippen LogP contribution >= 0.6 is 0 Å². The molecule has 0 bridgehead atoms. The molecular weight excluding hydrogens is 332 g/mol. The zero-order valence-corrected chi connectivity index (χ0v) is 16.4. The summed E-state index contributed by atoms with van der Waals surface area (Å²) in [4.78, 5) is 13.4. The SMILES string of the molecule is C[C@@]12CC[C@H]3C[C@H]4C[C@H](O)CC[C@@H]4C[C@@H]3[C@H]1CC(=Cc1ccccc1)C2=O. The van der Waals surface area contributed by atoms with Gasteiger partial charge in [-0.1, -0.05) is 37.3 Å². The lowest BCUT2D eigenvalue weighted by Gasteiger charge is -2.52. The number of fused-ring (bicyclic) bond motifs is 4. The first-order valence-corrected chi connectivity index (χ1v) is 11.0. The van der Waals surface area contributed by atoms with Crippen molar-refractivity contribution in [1.29, 1.82) is 0 Å². The van der Waals surface area contributed by atoms with Gasteiger partial charge < -0.3 is 5.11 Å². The molecule has 0 radical (unpaired) electrons. The highest BCUT2D eigenvalue weighted by atomic mass is 16.3. The Morgan fingerprint density at radius 2 is 1.81 bits per heavy atom. The van der Waals surface area contributed by atoms with Gasteiger partial charge in [0.1, 0.15) is 0 Å². The average molecular weight is 365 g/mol.